The number of aliphatic carboxylic acids is 1. The Morgan fingerprint density at radius 1 is 0.517 bits per heavy atom. The molecule has 60 heavy (non-hydrogen) atoms. The Hall–Kier alpha value is -7.74. The van der Waals surface area contributed by atoms with E-state index in [9.17, 15) is 15.2 Å². The predicted molar refractivity (Wildman–Crippen MR) is 240 cm³/mol. The molecule has 10 heteroatoms. The van der Waals surface area contributed by atoms with Crippen LogP contribution in [0.3, 0.4) is 0 Å². The molecule has 1 aliphatic carbocycles. The topological polar surface area (TPSA) is 104 Å². The first-order chi connectivity index (χ1) is 29.3. The van der Waals surface area contributed by atoms with E-state index in [0.717, 1.165) is 89.8 Å². The largest absolute Gasteiger partial charge is 0.497 e. The third-order valence-corrected chi connectivity index (χ3v) is 11.3. The highest BCUT2D eigenvalue weighted by atomic mass is 32.1. The highest BCUT2D eigenvalue weighted by Crippen LogP contribution is 2.50. The summed E-state index contributed by atoms with van der Waals surface area (Å²) in [5.41, 5.74) is 10.6. The van der Waals surface area contributed by atoms with E-state index in [1.165, 1.54) is 17.4 Å². The Morgan fingerprint density at radius 3 is 1.20 bits per heavy atom. The van der Waals surface area contributed by atoms with Crippen LogP contribution in [-0.2, 0) is 4.79 Å². The van der Waals surface area contributed by atoms with Crippen LogP contribution >= 0.6 is 11.3 Å². The Balaban J connectivity index is 1.32. The molecule has 8 rings (SSSR count). The molecule has 1 heterocycles. The van der Waals surface area contributed by atoms with Gasteiger partial charge in [0.05, 0.1) is 28.4 Å². The quantitative estimate of drug-likeness (QED) is 0.0900. The molecule has 1 aromatic heterocycles. The number of benzene rings is 6. The van der Waals surface area contributed by atoms with Crippen molar-refractivity contribution in [3.63, 3.8) is 0 Å². The van der Waals surface area contributed by atoms with Crippen molar-refractivity contribution in [1.82, 2.24) is 0 Å². The lowest BCUT2D eigenvalue weighted by atomic mass is 10.0. The van der Waals surface area contributed by atoms with Gasteiger partial charge in [-0.2, -0.15) is 5.26 Å². The maximum absolute atomic E-state index is 11.6. The van der Waals surface area contributed by atoms with Crippen molar-refractivity contribution in [3.8, 4) is 40.2 Å². The minimum Gasteiger partial charge on any atom is -0.497 e. The molecule has 9 nitrogen and oxygen atoms in total. The van der Waals surface area contributed by atoms with Gasteiger partial charge in [0, 0.05) is 43.9 Å². The van der Waals surface area contributed by atoms with Crippen molar-refractivity contribution < 1.29 is 28.8 Å². The van der Waals surface area contributed by atoms with Crippen molar-refractivity contribution in [2.24, 2.45) is 0 Å². The van der Waals surface area contributed by atoms with E-state index in [1.54, 1.807) is 34.5 Å². The molecule has 0 unspecified atom stereocenters. The molecule has 0 radical (unpaired) electrons. The molecule has 1 aliphatic rings. The van der Waals surface area contributed by atoms with Crippen molar-refractivity contribution in [2.75, 3.05) is 38.2 Å². The summed E-state index contributed by atoms with van der Waals surface area (Å²) in [6.45, 7) is 0. The number of carbonyl (C=O) groups is 1. The number of thiophene rings is 1. The monoisotopic (exact) mass is 809 g/mol. The number of hydrogen-bond acceptors (Lipinski definition) is 9. The van der Waals surface area contributed by atoms with Crippen LogP contribution in [0.4, 0.5) is 34.1 Å². The number of carboxylic acid groups (broad SMARTS) is 1. The van der Waals surface area contributed by atoms with E-state index >= 15 is 0 Å². The molecule has 0 bridgehead atoms. The zero-order valence-electron chi connectivity index (χ0n) is 33.2. The molecule has 7 aromatic rings. The summed E-state index contributed by atoms with van der Waals surface area (Å²) in [6, 6.07) is 50.6. The fraction of sp³-hybridized carbons (Fsp3) is 0.0800. The lowest BCUT2D eigenvalue weighted by molar-refractivity contribution is -0.132. The zero-order valence-corrected chi connectivity index (χ0v) is 34.1. The maximum atomic E-state index is 11.6. The number of fused-ring (bicyclic) bond motifs is 3. The molecule has 296 valence electrons. The maximum Gasteiger partial charge on any atom is 0.346 e. The highest BCUT2D eigenvalue weighted by Gasteiger charge is 2.27. The van der Waals surface area contributed by atoms with Crippen molar-refractivity contribution >= 4 is 69.2 Å². The summed E-state index contributed by atoms with van der Waals surface area (Å²) < 4.78 is 22.0. The summed E-state index contributed by atoms with van der Waals surface area (Å²) in [6.07, 6.45) is 3.54. The summed E-state index contributed by atoms with van der Waals surface area (Å²) >= 11 is 1.42. The van der Waals surface area contributed by atoms with Crippen LogP contribution in [0.25, 0.3) is 28.9 Å². The molecule has 1 N–H and O–H groups in total. The van der Waals surface area contributed by atoms with Gasteiger partial charge < -0.3 is 33.9 Å². The van der Waals surface area contributed by atoms with Gasteiger partial charge in [-0.25, -0.2) is 4.79 Å². The van der Waals surface area contributed by atoms with Gasteiger partial charge >= 0.3 is 5.97 Å². The Bertz CT molecular complexity index is 2540. The minimum absolute atomic E-state index is 0.316. The molecule has 0 fully saturated rings. The van der Waals surface area contributed by atoms with E-state index in [2.05, 4.69) is 52.3 Å². The van der Waals surface area contributed by atoms with Gasteiger partial charge in [-0.3, -0.25) is 0 Å². The lowest BCUT2D eigenvalue weighted by Gasteiger charge is -2.27. The van der Waals surface area contributed by atoms with Gasteiger partial charge in [0.15, 0.2) is 0 Å². The fourth-order valence-electron chi connectivity index (χ4n) is 7.33. The van der Waals surface area contributed by atoms with Crippen LogP contribution in [0.15, 0.2) is 151 Å². The summed E-state index contributed by atoms with van der Waals surface area (Å²) in [5, 5.41) is 18.9. The van der Waals surface area contributed by atoms with E-state index in [1.807, 2.05) is 109 Å². The SMILES string of the molecule is COc1ccc(N(c2ccc(OC)cc2)c2ccc3c(c2)-c2cc(N(c4ccc(OC)cc4)c4ccc(OC)cc4)ccc2C3=Cc2ccc(/C=C(/C#N)C(=O)O)s2)cc1. The van der Waals surface area contributed by atoms with Crippen LogP contribution in [-0.4, -0.2) is 39.5 Å². The Kier molecular flexibility index (Phi) is 11.1. The van der Waals surface area contributed by atoms with Gasteiger partial charge in [-0.1, -0.05) is 12.1 Å². The normalized spacial score (nSPS) is 11.5. The standard InChI is InChI=1S/C50H39N3O6S/c1-56-39-15-5-33(6-16-39)52(34-7-17-40(57-2)18-8-34)37-13-25-45-47(28-37)48-29-38(53(35-9-19-41(58-3)20-10-35)36-11-21-42(59-4)22-12-36)14-26-46(48)49(45)30-44-24-23-43(60-44)27-32(31-51)50(54)55/h5-30H,1-4H3,(H,54,55)/b32-27-. The summed E-state index contributed by atoms with van der Waals surface area (Å²) in [4.78, 5) is 17.6. The van der Waals surface area contributed by atoms with Crippen LogP contribution in [0, 0.1) is 11.3 Å². The molecule has 0 spiro atoms. The molecule has 0 amide bonds. The van der Waals surface area contributed by atoms with Gasteiger partial charge in [0.2, 0.25) is 0 Å². The average molecular weight is 810 g/mol. The molecule has 0 saturated heterocycles. The average Bonchev–Trinajstić information content (AvgIpc) is 3.87. The second-order valence-corrected chi connectivity index (χ2v) is 14.8. The van der Waals surface area contributed by atoms with E-state index < -0.39 is 5.97 Å². The number of hydrogen-bond donors (Lipinski definition) is 1. The molecule has 0 saturated carbocycles. The minimum atomic E-state index is -1.26. The smallest absolute Gasteiger partial charge is 0.346 e. The number of carboxylic acids is 1. The first-order valence-electron chi connectivity index (χ1n) is 18.9. The zero-order chi connectivity index (χ0) is 41.8. The van der Waals surface area contributed by atoms with Gasteiger partial charge in [0.25, 0.3) is 0 Å². The summed E-state index contributed by atoms with van der Waals surface area (Å²) in [5.74, 6) is 1.78. The van der Waals surface area contributed by atoms with Crippen molar-refractivity contribution in [2.45, 2.75) is 0 Å². The molecule has 6 aromatic carbocycles. The molecular formula is C50H39N3O6S. The molecule has 0 aliphatic heterocycles. The van der Waals surface area contributed by atoms with E-state index in [0.29, 0.717) is 4.88 Å². The first-order valence-corrected chi connectivity index (χ1v) is 19.7. The van der Waals surface area contributed by atoms with Crippen LogP contribution in [0.5, 0.6) is 23.0 Å². The number of methoxy groups -OCH3 is 4. The number of nitriles is 1. The third-order valence-electron chi connectivity index (χ3n) is 10.3. The van der Waals surface area contributed by atoms with Crippen molar-refractivity contribution in [1.29, 1.82) is 5.26 Å². The van der Waals surface area contributed by atoms with E-state index in [-0.39, 0.29) is 5.57 Å². The summed E-state index contributed by atoms with van der Waals surface area (Å²) in [7, 11) is 6.63. The Morgan fingerprint density at radius 2 is 0.867 bits per heavy atom. The highest BCUT2D eigenvalue weighted by molar-refractivity contribution is 7.13. The van der Waals surface area contributed by atoms with Crippen LogP contribution in [0.2, 0.25) is 0 Å². The van der Waals surface area contributed by atoms with E-state index in [4.69, 9.17) is 18.9 Å². The number of anilines is 6. The predicted octanol–water partition coefficient (Wildman–Crippen LogP) is 12.3. The van der Waals surface area contributed by atoms with Crippen molar-refractivity contribution in [3.05, 3.63) is 172 Å². The Labute approximate surface area is 352 Å². The second-order valence-electron chi connectivity index (χ2n) is 13.7. The molecule has 0 atom stereocenters. The number of rotatable bonds is 13. The van der Waals surface area contributed by atoms with Crippen LogP contribution in [0.1, 0.15) is 20.9 Å². The second kappa shape index (κ2) is 17.0. The van der Waals surface area contributed by atoms with Gasteiger partial charge in [0.1, 0.15) is 34.6 Å². The number of ether oxygens (including phenoxy) is 4. The lowest BCUT2D eigenvalue weighted by Crippen LogP contribution is -2.10. The van der Waals surface area contributed by atoms with Gasteiger partial charge in [-0.05, 0) is 173 Å². The molecular weight excluding hydrogens is 771 g/mol. The third kappa shape index (κ3) is 7.77. The van der Waals surface area contributed by atoms with Gasteiger partial charge in [-0.15, -0.1) is 11.3 Å². The number of nitrogens with zero attached hydrogens (tertiary/aromatic N) is 3. The first kappa shape index (κ1) is 39.1. The fourth-order valence-corrected chi connectivity index (χ4v) is 8.23. The van der Waals surface area contributed by atoms with Crippen LogP contribution < -0.4 is 28.7 Å².